The van der Waals surface area contributed by atoms with Gasteiger partial charge in [0, 0.05) is 35.2 Å². The van der Waals surface area contributed by atoms with E-state index in [-0.39, 0.29) is 0 Å². The summed E-state index contributed by atoms with van der Waals surface area (Å²) in [5.74, 6) is 1.02. The SMILES string of the molecule is NC1CCN(c2cc(-c3cccc(Br)c3)[nH]n2)CC1. The van der Waals surface area contributed by atoms with Crippen LogP contribution >= 0.6 is 15.9 Å². The molecule has 3 rings (SSSR count). The Labute approximate surface area is 121 Å². The quantitative estimate of drug-likeness (QED) is 0.894. The fourth-order valence-corrected chi connectivity index (χ4v) is 2.80. The van der Waals surface area contributed by atoms with Crippen molar-refractivity contribution in [3.63, 3.8) is 0 Å². The van der Waals surface area contributed by atoms with Crippen LogP contribution < -0.4 is 10.6 Å². The lowest BCUT2D eigenvalue weighted by Gasteiger charge is -2.29. The van der Waals surface area contributed by atoms with Gasteiger partial charge in [0.05, 0.1) is 5.69 Å². The highest BCUT2D eigenvalue weighted by Gasteiger charge is 2.18. The van der Waals surface area contributed by atoms with E-state index in [0.717, 1.165) is 47.5 Å². The van der Waals surface area contributed by atoms with Gasteiger partial charge in [-0.2, -0.15) is 5.10 Å². The number of hydrogen-bond acceptors (Lipinski definition) is 3. The Morgan fingerprint density at radius 3 is 2.79 bits per heavy atom. The van der Waals surface area contributed by atoms with E-state index < -0.39 is 0 Å². The van der Waals surface area contributed by atoms with Gasteiger partial charge in [-0.15, -0.1) is 0 Å². The molecule has 1 aromatic heterocycles. The van der Waals surface area contributed by atoms with Crippen molar-refractivity contribution in [2.75, 3.05) is 18.0 Å². The van der Waals surface area contributed by atoms with E-state index in [1.807, 2.05) is 12.1 Å². The van der Waals surface area contributed by atoms with Gasteiger partial charge in [0.1, 0.15) is 0 Å². The second kappa shape index (κ2) is 5.35. The maximum atomic E-state index is 5.93. The van der Waals surface area contributed by atoms with Crippen LogP contribution in [-0.4, -0.2) is 29.3 Å². The zero-order valence-corrected chi connectivity index (χ0v) is 12.2. The van der Waals surface area contributed by atoms with Crippen molar-refractivity contribution in [3.8, 4) is 11.3 Å². The number of nitrogens with zero attached hydrogens (tertiary/aromatic N) is 2. The summed E-state index contributed by atoms with van der Waals surface area (Å²) in [6, 6.07) is 10.7. The molecule has 0 spiro atoms. The van der Waals surface area contributed by atoms with E-state index in [9.17, 15) is 0 Å². The van der Waals surface area contributed by atoms with E-state index in [4.69, 9.17) is 5.73 Å². The maximum absolute atomic E-state index is 5.93. The number of rotatable bonds is 2. The Morgan fingerprint density at radius 1 is 1.26 bits per heavy atom. The average Bonchev–Trinajstić information content (AvgIpc) is 2.89. The molecular weight excluding hydrogens is 304 g/mol. The Bertz CT molecular complexity index is 558. The molecule has 1 aromatic carbocycles. The lowest BCUT2D eigenvalue weighted by molar-refractivity contribution is 0.498. The fraction of sp³-hybridized carbons (Fsp3) is 0.357. The van der Waals surface area contributed by atoms with Gasteiger partial charge in [0.2, 0.25) is 0 Å². The number of benzene rings is 1. The first kappa shape index (κ1) is 12.7. The zero-order chi connectivity index (χ0) is 13.2. The number of nitrogens with one attached hydrogen (secondary N) is 1. The summed E-state index contributed by atoms with van der Waals surface area (Å²) in [5, 5.41) is 7.53. The van der Waals surface area contributed by atoms with Gasteiger partial charge in [0.25, 0.3) is 0 Å². The van der Waals surface area contributed by atoms with Crippen LogP contribution in [0.15, 0.2) is 34.8 Å². The molecule has 0 amide bonds. The number of aromatic amines is 1. The second-order valence-corrected chi connectivity index (χ2v) is 5.89. The zero-order valence-electron chi connectivity index (χ0n) is 10.6. The molecule has 0 aliphatic carbocycles. The van der Waals surface area contributed by atoms with E-state index in [1.54, 1.807) is 0 Å². The smallest absolute Gasteiger partial charge is 0.150 e. The van der Waals surface area contributed by atoms with Gasteiger partial charge in [-0.1, -0.05) is 28.1 Å². The van der Waals surface area contributed by atoms with Crippen molar-refractivity contribution in [2.24, 2.45) is 5.73 Å². The first-order valence-corrected chi connectivity index (χ1v) is 7.33. The molecule has 2 aromatic rings. The number of hydrogen-bond donors (Lipinski definition) is 2. The topological polar surface area (TPSA) is 57.9 Å². The molecular formula is C14H17BrN4. The van der Waals surface area contributed by atoms with Gasteiger partial charge in [-0.25, -0.2) is 0 Å². The van der Waals surface area contributed by atoms with Gasteiger partial charge >= 0.3 is 0 Å². The fourth-order valence-electron chi connectivity index (χ4n) is 2.41. The standard InChI is InChI=1S/C14H17BrN4/c15-11-3-1-2-10(8-11)13-9-14(18-17-13)19-6-4-12(16)5-7-19/h1-3,8-9,12H,4-7,16H2,(H,17,18). The first-order valence-electron chi connectivity index (χ1n) is 6.54. The molecule has 5 heteroatoms. The van der Waals surface area contributed by atoms with Crippen LogP contribution in [0.2, 0.25) is 0 Å². The molecule has 3 N–H and O–H groups in total. The summed E-state index contributed by atoms with van der Waals surface area (Å²) in [6.45, 7) is 1.98. The van der Waals surface area contributed by atoms with Crippen LogP contribution in [0.1, 0.15) is 12.8 Å². The van der Waals surface area contributed by atoms with Crippen LogP contribution in [-0.2, 0) is 0 Å². The number of H-pyrrole nitrogens is 1. The molecule has 1 fully saturated rings. The summed E-state index contributed by atoms with van der Waals surface area (Å²) in [6.07, 6.45) is 2.08. The van der Waals surface area contributed by atoms with Crippen molar-refractivity contribution in [3.05, 3.63) is 34.8 Å². The summed E-state index contributed by atoms with van der Waals surface area (Å²) in [7, 11) is 0. The minimum absolute atomic E-state index is 0.347. The third-order valence-electron chi connectivity index (χ3n) is 3.56. The summed E-state index contributed by atoms with van der Waals surface area (Å²) < 4.78 is 1.07. The molecule has 2 heterocycles. The Kier molecular flexibility index (Phi) is 3.57. The highest BCUT2D eigenvalue weighted by Crippen LogP contribution is 2.25. The van der Waals surface area contributed by atoms with Crippen molar-refractivity contribution < 1.29 is 0 Å². The highest BCUT2D eigenvalue weighted by molar-refractivity contribution is 9.10. The van der Waals surface area contributed by atoms with Crippen molar-refractivity contribution in [1.29, 1.82) is 0 Å². The second-order valence-electron chi connectivity index (χ2n) is 4.97. The van der Waals surface area contributed by atoms with E-state index in [2.05, 4.69) is 49.2 Å². The van der Waals surface area contributed by atoms with Crippen LogP contribution in [0, 0.1) is 0 Å². The molecule has 0 bridgehead atoms. The van der Waals surface area contributed by atoms with Crippen molar-refractivity contribution in [2.45, 2.75) is 18.9 Å². The number of piperidine rings is 1. The third kappa shape index (κ3) is 2.82. The predicted molar refractivity (Wildman–Crippen MR) is 81.1 cm³/mol. The number of aromatic nitrogens is 2. The summed E-state index contributed by atoms with van der Waals surface area (Å²) in [5.41, 5.74) is 8.12. The Hall–Kier alpha value is -1.33. The van der Waals surface area contributed by atoms with Crippen LogP contribution in [0.3, 0.4) is 0 Å². The van der Waals surface area contributed by atoms with E-state index >= 15 is 0 Å². The summed E-state index contributed by atoms with van der Waals surface area (Å²) in [4.78, 5) is 2.29. The van der Waals surface area contributed by atoms with E-state index in [0.29, 0.717) is 6.04 Å². The molecule has 100 valence electrons. The molecule has 0 atom stereocenters. The van der Waals surface area contributed by atoms with Crippen molar-refractivity contribution in [1.82, 2.24) is 10.2 Å². The summed E-state index contributed by atoms with van der Waals surface area (Å²) >= 11 is 3.49. The van der Waals surface area contributed by atoms with Gasteiger partial charge in [0.15, 0.2) is 5.82 Å². The lowest BCUT2D eigenvalue weighted by atomic mass is 10.1. The molecule has 4 nitrogen and oxygen atoms in total. The molecule has 0 radical (unpaired) electrons. The average molecular weight is 321 g/mol. The maximum Gasteiger partial charge on any atom is 0.150 e. The van der Waals surface area contributed by atoms with Crippen LogP contribution in [0.4, 0.5) is 5.82 Å². The highest BCUT2D eigenvalue weighted by atomic mass is 79.9. The minimum atomic E-state index is 0.347. The third-order valence-corrected chi connectivity index (χ3v) is 4.06. The predicted octanol–water partition coefficient (Wildman–Crippen LogP) is 2.77. The largest absolute Gasteiger partial charge is 0.355 e. The molecule has 0 unspecified atom stereocenters. The lowest BCUT2D eigenvalue weighted by Crippen LogP contribution is -2.39. The molecule has 1 aliphatic rings. The Balaban J connectivity index is 1.80. The molecule has 0 saturated carbocycles. The molecule has 1 aliphatic heterocycles. The number of nitrogens with two attached hydrogens (primary N) is 1. The first-order chi connectivity index (χ1) is 9.22. The Morgan fingerprint density at radius 2 is 2.05 bits per heavy atom. The van der Waals surface area contributed by atoms with Gasteiger partial charge in [-0.3, -0.25) is 5.10 Å². The number of anilines is 1. The number of halogens is 1. The van der Waals surface area contributed by atoms with Gasteiger partial charge in [-0.05, 0) is 25.0 Å². The van der Waals surface area contributed by atoms with E-state index in [1.165, 1.54) is 0 Å². The van der Waals surface area contributed by atoms with Gasteiger partial charge < -0.3 is 10.6 Å². The van der Waals surface area contributed by atoms with Crippen LogP contribution in [0.25, 0.3) is 11.3 Å². The normalized spacial score (nSPS) is 16.8. The van der Waals surface area contributed by atoms with Crippen LogP contribution in [0.5, 0.6) is 0 Å². The minimum Gasteiger partial charge on any atom is -0.355 e. The molecule has 19 heavy (non-hydrogen) atoms. The van der Waals surface area contributed by atoms with Crippen molar-refractivity contribution >= 4 is 21.7 Å². The molecule has 1 saturated heterocycles. The monoisotopic (exact) mass is 320 g/mol.